The van der Waals surface area contributed by atoms with E-state index in [1.807, 2.05) is 39.0 Å². The molecule has 2 saturated carbocycles. The molecule has 2 aliphatic carbocycles. The zero-order chi connectivity index (χ0) is 35.6. The lowest BCUT2D eigenvalue weighted by atomic mass is 9.80. The van der Waals surface area contributed by atoms with Crippen LogP contribution >= 0.6 is 11.6 Å². The summed E-state index contributed by atoms with van der Waals surface area (Å²) in [7, 11) is 0. The number of ketones is 1. The number of carbonyl (C=O) groups is 5. The lowest BCUT2D eigenvalue weighted by molar-refractivity contribution is -0.145. The van der Waals surface area contributed by atoms with Crippen LogP contribution in [0.5, 0.6) is 0 Å². The Balaban J connectivity index is 1.26. The smallest absolute Gasteiger partial charge is 0.289 e. The zero-order valence-corrected chi connectivity index (χ0v) is 30.0. The van der Waals surface area contributed by atoms with Gasteiger partial charge in [-0.1, -0.05) is 63.8 Å². The van der Waals surface area contributed by atoms with Gasteiger partial charge in [0.05, 0.1) is 18.3 Å². The predicted octanol–water partition coefficient (Wildman–Crippen LogP) is 3.43. The van der Waals surface area contributed by atoms with E-state index in [2.05, 4.69) is 21.4 Å². The molecular formula is C37H50ClN5O7. The van der Waals surface area contributed by atoms with Crippen molar-refractivity contribution in [3.05, 3.63) is 40.9 Å². The molecule has 4 amide bonds. The van der Waals surface area contributed by atoms with Gasteiger partial charge in [0, 0.05) is 42.7 Å². The highest BCUT2D eigenvalue weighted by molar-refractivity contribution is 6.38. The van der Waals surface area contributed by atoms with Crippen LogP contribution in [0.3, 0.4) is 0 Å². The van der Waals surface area contributed by atoms with Crippen LogP contribution < -0.4 is 21.4 Å². The van der Waals surface area contributed by atoms with Crippen LogP contribution in [-0.4, -0.2) is 83.8 Å². The molecule has 1 aromatic rings. The van der Waals surface area contributed by atoms with Gasteiger partial charge in [-0.3, -0.25) is 34.3 Å². The number of carbonyl (C=O) groups excluding carboxylic acids is 5. The van der Waals surface area contributed by atoms with E-state index >= 15 is 0 Å². The van der Waals surface area contributed by atoms with Crippen LogP contribution in [-0.2, 0) is 33.5 Å². The molecule has 3 aliphatic heterocycles. The monoisotopic (exact) mass is 711 g/mol. The zero-order valence-electron chi connectivity index (χ0n) is 29.2. The average Bonchev–Trinajstić information content (AvgIpc) is 3.65. The van der Waals surface area contributed by atoms with Crippen molar-refractivity contribution in [2.24, 2.45) is 17.3 Å². The Bertz CT molecular complexity index is 1510. The third kappa shape index (κ3) is 8.69. The molecule has 0 aromatic heterocycles. The quantitative estimate of drug-likeness (QED) is 0.241. The predicted molar refractivity (Wildman–Crippen MR) is 186 cm³/mol. The minimum atomic E-state index is -1.08. The van der Waals surface area contributed by atoms with Gasteiger partial charge in [-0.15, -0.1) is 0 Å². The summed E-state index contributed by atoms with van der Waals surface area (Å²) >= 11 is 6.26. The number of Topliss-reactive ketones (excluding diaryl/α,β-unsaturated/α-hetero) is 1. The summed E-state index contributed by atoms with van der Waals surface area (Å²) in [6.07, 6.45) is 8.72. The molecule has 3 heterocycles. The minimum Gasteiger partial charge on any atom is -0.381 e. The lowest BCUT2D eigenvalue weighted by Crippen LogP contribution is -2.59. The second-order valence-corrected chi connectivity index (χ2v) is 16.3. The van der Waals surface area contributed by atoms with Crippen molar-refractivity contribution in [3.63, 3.8) is 0 Å². The first-order valence-electron chi connectivity index (χ1n) is 18.1. The van der Waals surface area contributed by atoms with Gasteiger partial charge in [0.15, 0.2) is 0 Å². The first kappa shape index (κ1) is 36.3. The maximum atomic E-state index is 14.6. The molecule has 2 saturated heterocycles. The van der Waals surface area contributed by atoms with E-state index in [-0.39, 0.29) is 43.2 Å². The molecule has 0 bridgehead atoms. The molecule has 50 heavy (non-hydrogen) atoms. The average molecular weight is 712 g/mol. The molecular weight excluding hydrogens is 662 g/mol. The topological polar surface area (TPSA) is 155 Å². The van der Waals surface area contributed by atoms with Crippen LogP contribution in [0.4, 0.5) is 0 Å². The molecule has 1 spiro atoms. The SMILES string of the molecule is CC(C)(C)[C@H](NC(=O)CC1CCOCC1)C(=O)N1C[C@@]2(C=C(c3cccc(Cl)c3)NO2)C[C@H]1C(=O)N[C@@H](CC1CCC1)C(=O)C(=O)NC1CC1. The van der Waals surface area contributed by atoms with E-state index in [1.165, 1.54) is 4.90 Å². The molecule has 0 unspecified atom stereocenters. The van der Waals surface area contributed by atoms with Crippen molar-refractivity contribution < 1.29 is 33.5 Å². The van der Waals surface area contributed by atoms with E-state index in [4.69, 9.17) is 21.2 Å². The lowest BCUT2D eigenvalue weighted by Gasteiger charge is -2.36. The van der Waals surface area contributed by atoms with Crippen LogP contribution in [0.1, 0.15) is 90.5 Å². The fourth-order valence-electron chi connectivity index (χ4n) is 7.27. The maximum Gasteiger partial charge on any atom is 0.289 e. The summed E-state index contributed by atoms with van der Waals surface area (Å²) in [6.45, 7) is 6.87. The number of hydroxylamine groups is 1. The summed E-state index contributed by atoms with van der Waals surface area (Å²) in [5.41, 5.74) is 2.62. The summed E-state index contributed by atoms with van der Waals surface area (Å²) < 4.78 is 5.45. The van der Waals surface area contributed by atoms with Crippen LogP contribution in [0.25, 0.3) is 5.70 Å². The Labute approximate surface area is 298 Å². The molecule has 0 radical (unpaired) electrons. The largest absolute Gasteiger partial charge is 0.381 e. The van der Waals surface area contributed by atoms with Crippen molar-refractivity contribution >= 4 is 46.7 Å². The third-order valence-electron chi connectivity index (χ3n) is 10.6. The highest BCUT2D eigenvalue weighted by atomic mass is 35.5. The first-order chi connectivity index (χ1) is 23.8. The summed E-state index contributed by atoms with van der Waals surface area (Å²) in [4.78, 5) is 76.2. The van der Waals surface area contributed by atoms with Gasteiger partial charge in [-0.05, 0) is 67.6 Å². The van der Waals surface area contributed by atoms with Crippen LogP contribution in [0, 0.1) is 17.3 Å². The van der Waals surface area contributed by atoms with Crippen molar-refractivity contribution in [2.75, 3.05) is 19.8 Å². The molecule has 6 rings (SSSR count). The summed E-state index contributed by atoms with van der Waals surface area (Å²) in [5, 5.41) is 9.20. The van der Waals surface area contributed by atoms with Crippen molar-refractivity contribution in [2.45, 2.75) is 115 Å². The van der Waals surface area contributed by atoms with Crippen LogP contribution in [0.15, 0.2) is 30.3 Å². The Kier molecular flexibility index (Phi) is 10.9. The first-order valence-corrected chi connectivity index (χ1v) is 18.4. The second-order valence-electron chi connectivity index (χ2n) is 15.9. The van der Waals surface area contributed by atoms with Crippen molar-refractivity contribution in [3.8, 4) is 0 Å². The molecule has 272 valence electrons. The highest BCUT2D eigenvalue weighted by Crippen LogP contribution is 2.39. The summed E-state index contributed by atoms with van der Waals surface area (Å²) in [5.74, 6) is -2.15. The van der Waals surface area contributed by atoms with Crippen LogP contribution in [0.2, 0.25) is 5.02 Å². The molecule has 4 atom stereocenters. The second kappa shape index (κ2) is 15.0. The molecule has 13 heteroatoms. The number of halogens is 1. The number of hydrogen-bond acceptors (Lipinski definition) is 8. The molecule has 1 aromatic carbocycles. The highest BCUT2D eigenvalue weighted by Gasteiger charge is 2.54. The van der Waals surface area contributed by atoms with Crippen molar-refractivity contribution in [1.29, 1.82) is 0 Å². The minimum absolute atomic E-state index is 0.00205. The maximum absolute atomic E-state index is 14.6. The van der Waals surface area contributed by atoms with E-state index in [1.54, 1.807) is 12.1 Å². The van der Waals surface area contributed by atoms with Gasteiger partial charge in [0.1, 0.15) is 17.7 Å². The Morgan fingerprint density at radius 1 is 1.02 bits per heavy atom. The normalized spacial score (nSPS) is 25.2. The number of benzene rings is 1. The van der Waals surface area contributed by atoms with Gasteiger partial charge in [-0.2, -0.15) is 0 Å². The number of likely N-dealkylation sites (tertiary alicyclic amines) is 1. The molecule has 4 N–H and O–H groups in total. The molecule has 5 aliphatic rings. The number of nitrogens with zero attached hydrogens (tertiary/aromatic N) is 1. The van der Waals surface area contributed by atoms with Gasteiger partial charge in [-0.25, -0.2) is 0 Å². The van der Waals surface area contributed by atoms with Gasteiger partial charge < -0.3 is 25.6 Å². The van der Waals surface area contributed by atoms with E-state index in [9.17, 15) is 24.0 Å². The van der Waals surface area contributed by atoms with Gasteiger partial charge in [0.2, 0.25) is 23.5 Å². The fourth-order valence-corrected chi connectivity index (χ4v) is 7.46. The van der Waals surface area contributed by atoms with Crippen molar-refractivity contribution in [1.82, 2.24) is 26.3 Å². The number of hydrogen-bond donors (Lipinski definition) is 4. The van der Waals surface area contributed by atoms with E-state index in [0.29, 0.717) is 30.4 Å². The fraction of sp³-hybridized carbons (Fsp3) is 0.649. The third-order valence-corrected chi connectivity index (χ3v) is 10.9. The summed E-state index contributed by atoms with van der Waals surface area (Å²) in [6, 6.07) is 4.25. The number of nitrogens with one attached hydrogen (secondary N) is 4. The van der Waals surface area contributed by atoms with E-state index < -0.39 is 52.6 Å². The van der Waals surface area contributed by atoms with Gasteiger partial charge >= 0.3 is 0 Å². The number of amides is 4. The van der Waals surface area contributed by atoms with Gasteiger partial charge in [0.25, 0.3) is 5.91 Å². The Morgan fingerprint density at radius 2 is 1.76 bits per heavy atom. The Hall–Kier alpha value is -3.48. The molecule has 12 nitrogen and oxygen atoms in total. The Morgan fingerprint density at radius 3 is 2.40 bits per heavy atom. The standard InChI is InChI=1S/C37H50ClN5O7/c1-36(2,3)32(41-30(44)17-23-12-14-49-15-13-23)35(48)43-21-37(19-28(42-50-37)24-8-5-9-25(38)18-24)20-29(43)33(46)40-27(16-22-6-4-7-22)31(45)34(47)39-26-10-11-26/h5,8-9,18-19,22-23,26-27,29,32,42H,4,6-7,10-17,20-21H2,1-3H3,(H,39,47)(H,40,46)(H,41,44)/t27-,29-,32+,37+/m0/s1. The van der Waals surface area contributed by atoms with E-state index in [0.717, 1.165) is 50.5 Å². The number of ether oxygens (including phenoxy) is 1. The number of rotatable bonds is 12. The molecule has 4 fully saturated rings.